The smallest absolute Gasteiger partial charge is 0.325 e. The quantitative estimate of drug-likeness (QED) is 0.794. The Hall–Kier alpha value is -2.24. The van der Waals surface area contributed by atoms with E-state index < -0.39 is 17.6 Å². The average molecular weight is 266 g/mol. The third kappa shape index (κ3) is 3.15. The molecule has 6 heteroatoms. The van der Waals surface area contributed by atoms with Crippen molar-refractivity contribution in [3.8, 4) is 0 Å². The maximum Gasteiger partial charge on any atom is 0.325 e. The van der Waals surface area contributed by atoms with Crippen molar-refractivity contribution in [3.05, 3.63) is 53.6 Å². The van der Waals surface area contributed by atoms with Crippen LogP contribution in [0.4, 0.5) is 8.78 Å². The number of methoxy groups -OCH3 is 1. The van der Waals surface area contributed by atoms with Crippen molar-refractivity contribution in [2.24, 2.45) is 0 Å². The van der Waals surface area contributed by atoms with Crippen LogP contribution in [0.3, 0.4) is 0 Å². The van der Waals surface area contributed by atoms with E-state index in [4.69, 9.17) is 0 Å². The molecule has 0 atom stereocenters. The SMILES string of the molecule is COC(=O)Cn1ccnc1Cc1ccc(F)c(F)c1. The lowest BCUT2D eigenvalue weighted by atomic mass is 10.1. The second-order valence-corrected chi connectivity index (χ2v) is 3.97. The molecule has 19 heavy (non-hydrogen) atoms. The second-order valence-electron chi connectivity index (χ2n) is 3.97. The van der Waals surface area contributed by atoms with Gasteiger partial charge < -0.3 is 9.30 Å². The Morgan fingerprint density at radius 2 is 2.16 bits per heavy atom. The van der Waals surface area contributed by atoms with Gasteiger partial charge in [-0.25, -0.2) is 13.8 Å². The van der Waals surface area contributed by atoms with Gasteiger partial charge in [0.15, 0.2) is 11.6 Å². The van der Waals surface area contributed by atoms with Crippen molar-refractivity contribution in [1.29, 1.82) is 0 Å². The summed E-state index contributed by atoms with van der Waals surface area (Å²) in [6, 6.07) is 3.67. The van der Waals surface area contributed by atoms with E-state index in [0.29, 0.717) is 17.8 Å². The molecule has 2 aromatic rings. The van der Waals surface area contributed by atoms with E-state index in [1.165, 1.54) is 19.4 Å². The Bertz CT molecular complexity index is 596. The summed E-state index contributed by atoms with van der Waals surface area (Å²) in [5, 5.41) is 0. The van der Waals surface area contributed by atoms with Gasteiger partial charge in [0.2, 0.25) is 0 Å². The van der Waals surface area contributed by atoms with Crippen LogP contribution in [0, 0.1) is 11.6 Å². The van der Waals surface area contributed by atoms with Gasteiger partial charge in [0.25, 0.3) is 0 Å². The highest BCUT2D eigenvalue weighted by molar-refractivity contribution is 5.69. The predicted octanol–water partition coefficient (Wildman–Crippen LogP) is 1.93. The summed E-state index contributed by atoms with van der Waals surface area (Å²) in [5.74, 6) is -1.61. The zero-order valence-electron chi connectivity index (χ0n) is 10.3. The molecular formula is C13H12F2N2O2. The van der Waals surface area contributed by atoms with E-state index in [0.717, 1.165) is 12.1 Å². The maximum atomic E-state index is 13.1. The first-order chi connectivity index (χ1) is 9.10. The lowest BCUT2D eigenvalue weighted by Crippen LogP contribution is -2.13. The van der Waals surface area contributed by atoms with Crippen LogP contribution in [0.5, 0.6) is 0 Å². The molecule has 100 valence electrons. The Balaban J connectivity index is 2.17. The number of benzene rings is 1. The molecule has 0 unspecified atom stereocenters. The van der Waals surface area contributed by atoms with Gasteiger partial charge in [0, 0.05) is 18.8 Å². The number of carbonyl (C=O) groups excluding carboxylic acids is 1. The monoisotopic (exact) mass is 266 g/mol. The molecule has 0 N–H and O–H groups in total. The number of rotatable bonds is 4. The molecule has 0 aliphatic heterocycles. The third-order valence-corrected chi connectivity index (χ3v) is 2.68. The van der Waals surface area contributed by atoms with Gasteiger partial charge in [-0.2, -0.15) is 0 Å². The number of nitrogens with zero attached hydrogens (tertiary/aromatic N) is 2. The molecule has 0 fully saturated rings. The van der Waals surface area contributed by atoms with Gasteiger partial charge in [0.1, 0.15) is 12.4 Å². The van der Waals surface area contributed by atoms with Crippen molar-refractivity contribution >= 4 is 5.97 Å². The van der Waals surface area contributed by atoms with Gasteiger partial charge in [-0.15, -0.1) is 0 Å². The molecule has 0 saturated heterocycles. The molecule has 0 saturated carbocycles. The molecular weight excluding hydrogens is 254 g/mol. The van der Waals surface area contributed by atoms with Crippen molar-refractivity contribution in [3.63, 3.8) is 0 Å². The highest BCUT2D eigenvalue weighted by atomic mass is 19.2. The normalized spacial score (nSPS) is 10.5. The summed E-state index contributed by atoms with van der Waals surface area (Å²) in [6.07, 6.45) is 3.48. The molecule has 0 amide bonds. The fraction of sp³-hybridized carbons (Fsp3) is 0.231. The number of halogens is 2. The molecule has 1 aromatic carbocycles. The number of aromatic nitrogens is 2. The zero-order valence-corrected chi connectivity index (χ0v) is 10.3. The number of hydrogen-bond acceptors (Lipinski definition) is 3. The lowest BCUT2D eigenvalue weighted by Gasteiger charge is -2.06. The minimum atomic E-state index is -0.899. The molecule has 0 aliphatic carbocycles. The molecule has 0 radical (unpaired) electrons. The first-order valence-corrected chi connectivity index (χ1v) is 5.61. The summed E-state index contributed by atoms with van der Waals surface area (Å²) in [7, 11) is 1.30. The Morgan fingerprint density at radius 3 is 2.84 bits per heavy atom. The number of ether oxygens (including phenoxy) is 1. The van der Waals surface area contributed by atoms with E-state index in [9.17, 15) is 13.6 Å². The number of carbonyl (C=O) groups is 1. The van der Waals surface area contributed by atoms with E-state index in [1.807, 2.05) is 0 Å². The number of hydrogen-bond donors (Lipinski definition) is 0. The fourth-order valence-corrected chi connectivity index (χ4v) is 1.69. The van der Waals surface area contributed by atoms with Crippen molar-refractivity contribution in [1.82, 2.24) is 9.55 Å². The molecule has 4 nitrogen and oxygen atoms in total. The van der Waals surface area contributed by atoms with Gasteiger partial charge in [-0.3, -0.25) is 4.79 Å². The van der Waals surface area contributed by atoms with E-state index in [2.05, 4.69) is 9.72 Å². The summed E-state index contributed by atoms with van der Waals surface area (Å²) < 4.78 is 32.1. The summed E-state index contributed by atoms with van der Waals surface area (Å²) in [5.41, 5.74) is 0.580. The molecule has 0 spiro atoms. The minimum Gasteiger partial charge on any atom is -0.468 e. The predicted molar refractivity (Wildman–Crippen MR) is 63.4 cm³/mol. The first kappa shape index (κ1) is 13.2. The molecule has 0 bridgehead atoms. The van der Waals surface area contributed by atoms with Crippen molar-refractivity contribution < 1.29 is 18.3 Å². The second kappa shape index (κ2) is 5.60. The lowest BCUT2D eigenvalue weighted by molar-refractivity contribution is -0.141. The molecule has 1 heterocycles. The van der Waals surface area contributed by atoms with E-state index in [1.54, 1.807) is 10.8 Å². The highest BCUT2D eigenvalue weighted by Gasteiger charge is 2.10. The topological polar surface area (TPSA) is 44.1 Å². The van der Waals surface area contributed by atoms with Crippen LogP contribution < -0.4 is 0 Å². The summed E-state index contributed by atoms with van der Waals surface area (Å²) >= 11 is 0. The van der Waals surface area contributed by atoms with Crippen molar-refractivity contribution in [2.75, 3.05) is 7.11 Å². The minimum absolute atomic E-state index is 0.0372. The van der Waals surface area contributed by atoms with E-state index in [-0.39, 0.29) is 6.54 Å². The molecule has 2 rings (SSSR count). The standard InChI is InChI=1S/C13H12F2N2O2/c1-19-13(18)8-17-5-4-16-12(17)7-9-2-3-10(14)11(15)6-9/h2-6H,7-8H2,1H3. The van der Waals surface area contributed by atoms with Crippen LogP contribution >= 0.6 is 0 Å². The van der Waals surface area contributed by atoms with Crippen LogP contribution in [0.15, 0.2) is 30.6 Å². The van der Waals surface area contributed by atoms with Crippen molar-refractivity contribution in [2.45, 2.75) is 13.0 Å². The largest absolute Gasteiger partial charge is 0.468 e. The van der Waals surface area contributed by atoms with Crippen LogP contribution in [0.25, 0.3) is 0 Å². The van der Waals surface area contributed by atoms with Gasteiger partial charge >= 0.3 is 5.97 Å². The maximum absolute atomic E-state index is 13.1. The van der Waals surface area contributed by atoms with Crippen LogP contribution in [0.2, 0.25) is 0 Å². The molecule has 0 aliphatic rings. The Kier molecular flexibility index (Phi) is 3.89. The van der Waals surface area contributed by atoms with Gasteiger partial charge in [-0.1, -0.05) is 6.07 Å². The van der Waals surface area contributed by atoms with Crippen LogP contribution in [-0.2, 0) is 22.5 Å². The first-order valence-electron chi connectivity index (χ1n) is 5.61. The van der Waals surface area contributed by atoms with Gasteiger partial charge in [0.05, 0.1) is 7.11 Å². The fourth-order valence-electron chi connectivity index (χ4n) is 1.69. The number of esters is 1. The third-order valence-electron chi connectivity index (χ3n) is 2.68. The zero-order chi connectivity index (χ0) is 13.8. The molecule has 1 aromatic heterocycles. The van der Waals surface area contributed by atoms with Crippen LogP contribution in [-0.4, -0.2) is 22.6 Å². The van der Waals surface area contributed by atoms with Crippen LogP contribution in [0.1, 0.15) is 11.4 Å². The number of imidazole rings is 1. The van der Waals surface area contributed by atoms with E-state index >= 15 is 0 Å². The Morgan fingerprint density at radius 1 is 1.37 bits per heavy atom. The highest BCUT2D eigenvalue weighted by Crippen LogP contribution is 2.12. The summed E-state index contributed by atoms with van der Waals surface area (Å²) in [6.45, 7) is 0.0372. The van der Waals surface area contributed by atoms with Gasteiger partial charge in [-0.05, 0) is 17.7 Å². The summed E-state index contributed by atoms with van der Waals surface area (Å²) in [4.78, 5) is 15.3. The Labute approximate surface area is 108 Å². The average Bonchev–Trinajstić information content (AvgIpc) is 2.81.